The number of esters is 1. The van der Waals surface area contributed by atoms with Gasteiger partial charge in [-0.05, 0) is 55.3 Å². The Morgan fingerprint density at radius 3 is 2.29 bits per heavy atom. The van der Waals surface area contributed by atoms with Gasteiger partial charge in [-0.25, -0.2) is 9.78 Å². The van der Waals surface area contributed by atoms with Crippen molar-refractivity contribution < 1.29 is 23.8 Å². The second-order valence-corrected chi connectivity index (χ2v) is 8.03. The average Bonchev–Trinajstić information content (AvgIpc) is 2.88. The number of carbonyl (C=O) groups excluding carboxylic acids is 2. The zero-order valence-electron chi connectivity index (χ0n) is 20.0. The van der Waals surface area contributed by atoms with Crippen LogP contribution in [0, 0.1) is 13.8 Å². The summed E-state index contributed by atoms with van der Waals surface area (Å²) in [7, 11) is 3.12. The van der Waals surface area contributed by atoms with Crippen LogP contribution < -0.4 is 14.8 Å². The molecule has 4 rings (SSSR count). The summed E-state index contributed by atoms with van der Waals surface area (Å²) in [5.41, 5.74) is 4.85. The second kappa shape index (κ2) is 10.3. The van der Waals surface area contributed by atoms with E-state index in [1.54, 1.807) is 38.5 Å². The SMILES string of the molecule is COc1ccc(-c2cc(C(=O)OCC(=O)Nc3c(C)cccc3C)c3ccccc3n2)cc1OC. The molecular weight excluding hydrogens is 444 g/mol. The summed E-state index contributed by atoms with van der Waals surface area (Å²) in [6.45, 7) is 3.41. The number of pyridine rings is 1. The molecule has 1 heterocycles. The molecule has 0 atom stereocenters. The van der Waals surface area contributed by atoms with E-state index >= 15 is 0 Å². The number of methoxy groups -OCH3 is 2. The van der Waals surface area contributed by atoms with Crippen molar-refractivity contribution in [1.29, 1.82) is 0 Å². The predicted octanol–water partition coefficient (Wildman–Crippen LogP) is 5.33. The van der Waals surface area contributed by atoms with Crippen LogP contribution in [0.1, 0.15) is 21.5 Å². The van der Waals surface area contributed by atoms with Gasteiger partial charge in [-0.3, -0.25) is 4.79 Å². The zero-order valence-corrected chi connectivity index (χ0v) is 20.0. The van der Waals surface area contributed by atoms with E-state index in [1.807, 2.05) is 56.3 Å². The van der Waals surface area contributed by atoms with Gasteiger partial charge >= 0.3 is 5.97 Å². The smallest absolute Gasteiger partial charge is 0.339 e. The number of nitrogens with zero attached hydrogens (tertiary/aromatic N) is 1. The summed E-state index contributed by atoms with van der Waals surface area (Å²) >= 11 is 0. The number of fused-ring (bicyclic) bond motifs is 1. The molecule has 0 saturated carbocycles. The molecule has 0 fully saturated rings. The third-order valence-electron chi connectivity index (χ3n) is 5.70. The summed E-state index contributed by atoms with van der Waals surface area (Å²) in [4.78, 5) is 30.3. The van der Waals surface area contributed by atoms with E-state index in [-0.39, 0.29) is 0 Å². The van der Waals surface area contributed by atoms with Crippen molar-refractivity contribution in [2.24, 2.45) is 0 Å². The van der Waals surface area contributed by atoms with Crippen molar-refractivity contribution in [1.82, 2.24) is 4.98 Å². The number of amides is 1. The number of anilines is 1. The van der Waals surface area contributed by atoms with E-state index < -0.39 is 18.5 Å². The van der Waals surface area contributed by atoms with Crippen molar-refractivity contribution in [2.75, 3.05) is 26.1 Å². The van der Waals surface area contributed by atoms with Crippen molar-refractivity contribution in [3.05, 3.63) is 83.4 Å². The number of carbonyl (C=O) groups is 2. The quantitative estimate of drug-likeness (QED) is 0.367. The lowest BCUT2D eigenvalue weighted by molar-refractivity contribution is -0.119. The van der Waals surface area contributed by atoms with Gasteiger partial charge in [0.25, 0.3) is 5.91 Å². The molecule has 0 aliphatic carbocycles. The van der Waals surface area contributed by atoms with Crippen LogP contribution in [0.25, 0.3) is 22.2 Å². The van der Waals surface area contributed by atoms with E-state index in [9.17, 15) is 9.59 Å². The number of ether oxygens (including phenoxy) is 3. The number of aryl methyl sites for hydroxylation is 2. The number of rotatable bonds is 7. The Labute approximate surface area is 203 Å². The number of hydrogen-bond acceptors (Lipinski definition) is 6. The van der Waals surface area contributed by atoms with Gasteiger partial charge in [0.2, 0.25) is 0 Å². The highest BCUT2D eigenvalue weighted by molar-refractivity contribution is 6.05. The molecule has 7 nitrogen and oxygen atoms in total. The summed E-state index contributed by atoms with van der Waals surface area (Å²) < 4.78 is 16.1. The summed E-state index contributed by atoms with van der Waals surface area (Å²) in [5.74, 6) is 0.120. The molecule has 1 amide bonds. The van der Waals surface area contributed by atoms with Gasteiger partial charge < -0.3 is 19.5 Å². The number of para-hydroxylation sites is 2. The van der Waals surface area contributed by atoms with Crippen LogP contribution >= 0.6 is 0 Å². The maximum absolute atomic E-state index is 13.1. The van der Waals surface area contributed by atoms with Crippen molar-refractivity contribution in [2.45, 2.75) is 13.8 Å². The molecule has 0 spiro atoms. The minimum absolute atomic E-state index is 0.320. The molecular formula is C28H26N2O5. The molecule has 4 aromatic rings. The molecule has 35 heavy (non-hydrogen) atoms. The van der Waals surface area contributed by atoms with E-state index in [0.29, 0.717) is 33.7 Å². The first kappa shape index (κ1) is 23.8. The van der Waals surface area contributed by atoms with Gasteiger partial charge in [-0.15, -0.1) is 0 Å². The normalized spacial score (nSPS) is 10.6. The highest BCUT2D eigenvalue weighted by atomic mass is 16.5. The monoisotopic (exact) mass is 470 g/mol. The fourth-order valence-corrected chi connectivity index (χ4v) is 3.88. The average molecular weight is 471 g/mol. The summed E-state index contributed by atoms with van der Waals surface area (Å²) in [5, 5.41) is 3.46. The fourth-order valence-electron chi connectivity index (χ4n) is 3.88. The molecule has 0 bridgehead atoms. The van der Waals surface area contributed by atoms with E-state index in [0.717, 1.165) is 22.4 Å². The summed E-state index contributed by atoms with van der Waals surface area (Å²) in [6, 6.07) is 20.1. The fraction of sp³-hybridized carbons (Fsp3) is 0.179. The molecule has 0 radical (unpaired) electrons. The Hall–Kier alpha value is -4.39. The molecule has 178 valence electrons. The van der Waals surface area contributed by atoms with Gasteiger partial charge in [-0.1, -0.05) is 36.4 Å². The summed E-state index contributed by atoms with van der Waals surface area (Å²) in [6.07, 6.45) is 0. The molecule has 0 aliphatic rings. The van der Waals surface area contributed by atoms with Crippen LogP contribution in [0.2, 0.25) is 0 Å². The Balaban J connectivity index is 1.61. The first-order chi connectivity index (χ1) is 16.9. The molecule has 3 aromatic carbocycles. The van der Waals surface area contributed by atoms with Crippen LogP contribution in [-0.2, 0) is 9.53 Å². The largest absolute Gasteiger partial charge is 0.493 e. The number of hydrogen-bond donors (Lipinski definition) is 1. The Morgan fingerprint density at radius 1 is 0.857 bits per heavy atom. The van der Waals surface area contributed by atoms with Gasteiger partial charge in [-0.2, -0.15) is 0 Å². The van der Waals surface area contributed by atoms with Crippen LogP contribution in [0.3, 0.4) is 0 Å². The minimum atomic E-state index is -0.609. The van der Waals surface area contributed by atoms with Crippen molar-refractivity contribution >= 4 is 28.5 Å². The molecule has 0 unspecified atom stereocenters. The lowest BCUT2D eigenvalue weighted by atomic mass is 10.0. The Bertz CT molecular complexity index is 1390. The third kappa shape index (κ3) is 5.09. The van der Waals surface area contributed by atoms with Gasteiger partial charge in [0.1, 0.15) is 0 Å². The Kier molecular flexibility index (Phi) is 6.96. The standard InChI is InChI=1S/C28H26N2O5/c1-17-8-7-9-18(2)27(17)30-26(31)16-35-28(32)21-15-23(29-22-11-6-5-10-20(21)22)19-12-13-24(33-3)25(14-19)34-4/h5-15H,16H2,1-4H3,(H,30,31). The minimum Gasteiger partial charge on any atom is -0.493 e. The lowest BCUT2D eigenvalue weighted by Gasteiger charge is -2.13. The van der Waals surface area contributed by atoms with E-state index in [4.69, 9.17) is 19.2 Å². The first-order valence-electron chi connectivity index (χ1n) is 11.1. The number of aromatic nitrogens is 1. The topological polar surface area (TPSA) is 86.8 Å². The predicted molar refractivity (Wildman–Crippen MR) is 135 cm³/mol. The van der Waals surface area contributed by atoms with Gasteiger partial charge in [0.15, 0.2) is 18.1 Å². The highest BCUT2D eigenvalue weighted by Gasteiger charge is 2.18. The Morgan fingerprint density at radius 2 is 1.57 bits per heavy atom. The van der Waals surface area contributed by atoms with Gasteiger partial charge in [0, 0.05) is 16.6 Å². The lowest BCUT2D eigenvalue weighted by Crippen LogP contribution is -2.22. The van der Waals surface area contributed by atoms with Crippen LogP contribution in [0.5, 0.6) is 11.5 Å². The molecule has 1 aromatic heterocycles. The highest BCUT2D eigenvalue weighted by Crippen LogP contribution is 2.33. The molecule has 0 aliphatic heterocycles. The zero-order chi connectivity index (χ0) is 24.9. The van der Waals surface area contributed by atoms with E-state index in [1.165, 1.54) is 0 Å². The van der Waals surface area contributed by atoms with Crippen molar-refractivity contribution in [3.8, 4) is 22.8 Å². The third-order valence-corrected chi connectivity index (χ3v) is 5.70. The van der Waals surface area contributed by atoms with Crippen molar-refractivity contribution in [3.63, 3.8) is 0 Å². The molecule has 1 N–H and O–H groups in total. The number of benzene rings is 3. The second-order valence-electron chi connectivity index (χ2n) is 8.03. The maximum atomic E-state index is 13.1. The molecule has 7 heteroatoms. The van der Waals surface area contributed by atoms with Crippen LogP contribution in [0.4, 0.5) is 5.69 Å². The van der Waals surface area contributed by atoms with Crippen LogP contribution in [-0.4, -0.2) is 37.7 Å². The van der Waals surface area contributed by atoms with Crippen LogP contribution in [0.15, 0.2) is 66.7 Å². The maximum Gasteiger partial charge on any atom is 0.339 e. The van der Waals surface area contributed by atoms with E-state index in [2.05, 4.69) is 5.32 Å². The number of nitrogens with one attached hydrogen (secondary N) is 1. The van der Waals surface area contributed by atoms with Gasteiger partial charge in [0.05, 0.1) is 31.0 Å². The molecule has 0 saturated heterocycles. The first-order valence-corrected chi connectivity index (χ1v) is 11.1.